The van der Waals surface area contributed by atoms with Crippen molar-refractivity contribution in [2.75, 3.05) is 12.4 Å². The van der Waals surface area contributed by atoms with E-state index in [-0.39, 0.29) is 12.4 Å². The maximum Gasteiger partial charge on any atom is 0.412 e. The highest BCUT2D eigenvalue weighted by molar-refractivity contribution is 7.14. The van der Waals surface area contributed by atoms with Gasteiger partial charge in [0.05, 0.1) is 17.7 Å². The van der Waals surface area contributed by atoms with Crippen LogP contribution in [0.2, 0.25) is 0 Å². The smallest absolute Gasteiger partial charge is 0.412 e. The molecule has 0 bridgehead atoms. The van der Waals surface area contributed by atoms with Crippen LogP contribution in [-0.4, -0.2) is 39.4 Å². The summed E-state index contributed by atoms with van der Waals surface area (Å²) in [4.78, 5) is 32.0. The Bertz CT molecular complexity index is 1070. The minimum absolute atomic E-state index is 0.0651. The van der Waals surface area contributed by atoms with Crippen LogP contribution in [0.5, 0.6) is 11.6 Å². The van der Waals surface area contributed by atoms with Crippen molar-refractivity contribution in [2.45, 2.75) is 13.5 Å². The normalized spacial score (nSPS) is 10.4. The number of aromatic hydroxyl groups is 2. The lowest BCUT2D eigenvalue weighted by Crippen LogP contribution is -2.14. The quantitative estimate of drug-likeness (QED) is 0.540. The van der Waals surface area contributed by atoms with Gasteiger partial charge in [0.25, 0.3) is 5.88 Å². The molecule has 0 atom stereocenters. The molecule has 0 unspecified atom stereocenters. The molecule has 1 amide bonds. The first-order valence-electron chi connectivity index (χ1n) is 8.34. The van der Waals surface area contributed by atoms with Gasteiger partial charge in [-0.3, -0.25) is 5.32 Å². The summed E-state index contributed by atoms with van der Waals surface area (Å²) in [6.07, 6.45) is -0.692. The second-order valence-corrected chi connectivity index (χ2v) is 6.83. The SMILES string of the molecule is COC(=O)c1nc(-c2sccc2NC(=O)OCc2cccc(C)c2)nc(O)c1O. The molecule has 0 saturated carbocycles. The van der Waals surface area contributed by atoms with Crippen LogP contribution in [0, 0.1) is 6.92 Å². The van der Waals surface area contributed by atoms with Crippen molar-refractivity contribution in [3.05, 3.63) is 52.5 Å². The largest absolute Gasteiger partial charge is 0.501 e. The molecule has 0 radical (unpaired) electrons. The molecule has 0 fully saturated rings. The van der Waals surface area contributed by atoms with Crippen molar-refractivity contribution in [3.8, 4) is 22.3 Å². The summed E-state index contributed by atoms with van der Waals surface area (Å²) in [5.41, 5.74) is 1.74. The highest BCUT2D eigenvalue weighted by atomic mass is 32.1. The number of methoxy groups -OCH3 is 1. The number of rotatable bonds is 5. The summed E-state index contributed by atoms with van der Waals surface area (Å²) in [6, 6.07) is 9.16. The molecule has 29 heavy (non-hydrogen) atoms. The second kappa shape index (κ2) is 8.57. The zero-order valence-corrected chi connectivity index (χ0v) is 16.3. The zero-order chi connectivity index (χ0) is 21.0. The van der Waals surface area contributed by atoms with E-state index in [0.29, 0.717) is 10.6 Å². The van der Waals surface area contributed by atoms with Gasteiger partial charge in [-0.05, 0) is 23.9 Å². The Kier molecular flexibility index (Phi) is 5.93. The van der Waals surface area contributed by atoms with Gasteiger partial charge in [-0.1, -0.05) is 29.8 Å². The Morgan fingerprint density at radius 2 is 2.00 bits per heavy atom. The van der Waals surface area contributed by atoms with E-state index in [2.05, 4.69) is 20.0 Å². The summed E-state index contributed by atoms with van der Waals surface area (Å²) < 4.78 is 9.75. The van der Waals surface area contributed by atoms with Gasteiger partial charge < -0.3 is 19.7 Å². The van der Waals surface area contributed by atoms with Gasteiger partial charge in [0, 0.05) is 0 Å². The van der Waals surface area contributed by atoms with E-state index in [1.807, 2.05) is 31.2 Å². The minimum Gasteiger partial charge on any atom is -0.501 e. The van der Waals surface area contributed by atoms with Crippen LogP contribution in [0.25, 0.3) is 10.7 Å². The first kappa shape index (κ1) is 20.1. The third-order valence-electron chi connectivity index (χ3n) is 3.80. The molecule has 150 valence electrons. The molecule has 3 N–H and O–H groups in total. The molecular formula is C19H17N3O6S. The summed E-state index contributed by atoms with van der Waals surface area (Å²) in [6.45, 7) is 2.03. The summed E-state index contributed by atoms with van der Waals surface area (Å²) in [7, 11) is 1.11. The van der Waals surface area contributed by atoms with Gasteiger partial charge in [-0.2, -0.15) is 4.98 Å². The van der Waals surface area contributed by atoms with Crippen molar-refractivity contribution in [1.82, 2.24) is 9.97 Å². The lowest BCUT2D eigenvalue weighted by molar-refractivity contribution is 0.0589. The maximum absolute atomic E-state index is 12.2. The Morgan fingerprint density at radius 1 is 1.21 bits per heavy atom. The summed E-state index contributed by atoms with van der Waals surface area (Å²) in [5.74, 6) is -2.57. The minimum atomic E-state index is -0.940. The van der Waals surface area contributed by atoms with E-state index in [1.54, 1.807) is 11.4 Å². The number of thiophene rings is 1. The first-order chi connectivity index (χ1) is 13.9. The number of nitrogens with zero attached hydrogens (tertiary/aromatic N) is 2. The van der Waals surface area contributed by atoms with E-state index >= 15 is 0 Å². The van der Waals surface area contributed by atoms with Crippen molar-refractivity contribution in [3.63, 3.8) is 0 Å². The van der Waals surface area contributed by atoms with E-state index < -0.39 is 29.4 Å². The first-order valence-corrected chi connectivity index (χ1v) is 9.22. The molecule has 1 aromatic carbocycles. The van der Waals surface area contributed by atoms with Crippen LogP contribution in [0.4, 0.5) is 10.5 Å². The predicted octanol–water partition coefficient (Wildman–Crippen LogP) is 3.46. The molecule has 2 heterocycles. The predicted molar refractivity (Wildman–Crippen MR) is 105 cm³/mol. The summed E-state index contributed by atoms with van der Waals surface area (Å²) >= 11 is 1.16. The fourth-order valence-electron chi connectivity index (χ4n) is 2.46. The van der Waals surface area contributed by atoms with Gasteiger partial charge in [-0.25, -0.2) is 14.6 Å². The molecule has 9 nitrogen and oxygen atoms in total. The number of esters is 1. The van der Waals surface area contributed by atoms with Crippen LogP contribution in [-0.2, 0) is 16.1 Å². The van der Waals surface area contributed by atoms with Gasteiger partial charge >= 0.3 is 12.1 Å². The van der Waals surface area contributed by atoms with E-state index in [1.165, 1.54) is 0 Å². The molecule has 3 rings (SSSR count). The molecule has 0 aliphatic rings. The number of aryl methyl sites for hydroxylation is 1. The number of carbonyl (C=O) groups is 2. The number of hydrogen-bond donors (Lipinski definition) is 3. The van der Waals surface area contributed by atoms with Crippen LogP contribution in [0.15, 0.2) is 35.7 Å². The highest BCUT2D eigenvalue weighted by Gasteiger charge is 2.23. The number of hydrogen-bond acceptors (Lipinski definition) is 9. The Morgan fingerprint density at radius 3 is 2.72 bits per heavy atom. The molecular weight excluding hydrogens is 398 g/mol. The van der Waals surface area contributed by atoms with E-state index in [0.717, 1.165) is 29.6 Å². The Labute approximate surface area is 169 Å². The number of anilines is 1. The third kappa shape index (κ3) is 4.61. The number of amides is 1. The number of carbonyl (C=O) groups excluding carboxylic acids is 2. The van der Waals surface area contributed by atoms with Crippen molar-refractivity contribution >= 4 is 29.1 Å². The molecule has 10 heteroatoms. The molecule has 0 saturated heterocycles. The molecule has 2 aromatic heterocycles. The second-order valence-electron chi connectivity index (χ2n) is 5.91. The summed E-state index contributed by atoms with van der Waals surface area (Å²) in [5, 5.41) is 23.8. The van der Waals surface area contributed by atoms with E-state index in [4.69, 9.17) is 4.74 Å². The Hall–Kier alpha value is -3.66. The third-order valence-corrected chi connectivity index (χ3v) is 4.71. The average Bonchev–Trinajstić information content (AvgIpc) is 3.16. The van der Waals surface area contributed by atoms with E-state index in [9.17, 15) is 19.8 Å². The van der Waals surface area contributed by atoms with Crippen LogP contribution in [0.1, 0.15) is 21.6 Å². The number of nitrogens with one attached hydrogen (secondary N) is 1. The maximum atomic E-state index is 12.2. The van der Waals surface area contributed by atoms with Crippen molar-refractivity contribution in [2.24, 2.45) is 0 Å². The fourth-order valence-corrected chi connectivity index (χ4v) is 3.24. The van der Waals surface area contributed by atoms with Gasteiger partial charge in [0.1, 0.15) is 6.61 Å². The fraction of sp³-hybridized carbons (Fsp3) is 0.158. The van der Waals surface area contributed by atoms with Crippen LogP contribution >= 0.6 is 11.3 Å². The average molecular weight is 415 g/mol. The van der Waals surface area contributed by atoms with Gasteiger partial charge in [0.15, 0.2) is 11.5 Å². The van der Waals surface area contributed by atoms with Gasteiger partial charge in [-0.15, -0.1) is 11.3 Å². The number of ether oxygens (including phenoxy) is 2. The van der Waals surface area contributed by atoms with Crippen LogP contribution < -0.4 is 5.32 Å². The lowest BCUT2D eigenvalue weighted by atomic mass is 10.1. The topological polar surface area (TPSA) is 131 Å². The zero-order valence-electron chi connectivity index (χ0n) is 15.5. The van der Waals surface area contributed by atoms with Crippen molar-refractivity contribution in [1.29, 1.82) is 0 Å². The van der Waals surface area contributed by atoms with Crippen molar-refractivity contribution < 1.29 is 29.3 Å². The molecule has 0 aliphatic carbocycles. The van der Waals surface area contributed by atoms with Crippen LogP contribution in [0.3, 0.4) is 0 Å². The number of aromatic nitrogens is 2. The number of benzene rings is 1. The Balaban J connectivity index is 1.78. The monoisotopic (exact) mass is 415 g/mol. The van der Waals surface area contributed by atoms with Gasteiger partial charge in [0.2, 0.25) is 5.75 Å². The molecule has 3 aromatic rings. The highest BCUT2D eigenvalue weighted by Crippen LogP contribution is 2.35. The lowest BCUT2D eigenvalue weighted by Gasteiger charge is -2.09. The standard InChI is InChI=1S/C19H17N3O6S/c1-10-4-3-5-11(8-10)9-28-19(26)20-12-6-7-29-15(12)16-21-13(18(25)27-2)14(23)17(24)22-16/h3-8,23H,9H2,1-2H3,(H,20,26)(H,21,22,24). The molecule has 0 aliphatic heterocycles. The molecule has 0 spiro atoms.